The largest absolute Gasteiger partial charge is 0.359 e. The smallest absolute Gasteiger partial charge is 0.191 e. The first-order chi connectivity index (χ1) is 14.5. The first kappa shape index (κ1) is 22.3. The zero-order chi connectivity index (χ0) is 21.3. The number of hydrogen-bond donors (Lipinski definition) is 2. The monoisotopic (exact) mass is 411 g/mol. The minimum absolute atomic E-state index is 0.365. The van der Waals surface area contributed by atoms with Crippen molar-refractivity contribution in [3.8, 4) is 0 Å². The number of guanidine groups is 1. The Kier molecular flexibility index (Phi) is 8.31. The van der Waals surface area contributed by atoms with Crippen LogP contribution in [-0.4, -0.2) is 35.7 Å². The SMILES string of the molecule is CCNC(=NCc1ccccc1CN1CCCC(C)C1)NCc1cc(C(C)C)no1. The third kappa shape index (κ3) is 6.59. The van der Waals surface area contributed by atoms with Crippen molar-refractivity contribution in [3.63, 3.8) is 0 Å². The van der Waals surface area contributed by atoms with E-state index >= 15 is 0 Å². The fraction of sp³-hybridized carbons (Fsp3) is 0.583. The van der Waals surface area contributed by atoms with E-state index < -0.39 is 0 Å². The molecule has 1 aliphatic rings. The van der Waals surface area contributed by atoms with Gasteiger partial charge in [-0.3, -0.25) is 4.90 Å². The van der Waals surface area contributed by atoms with Gasteiger partial charge in [-0.2, -0.15) is 0 Å². The van der Waals surface area contributed by atoms with E-state index in [4.69, 9.17) is 9.52 Å². The van der Waals surface area contributed by atoms with Crippen LogP contribution >= 0.6 is 0 Å². The van der Waals surface area contributed by atoms with Crippen molar-refractivity contribution < 1.29 is 4.52 Å². The number of piperidine rings is 1. The molecular weight excluding hydrogens is 374 g/mol. The number of aromatic nitrogens is 1. The molecule has 0 radical (unpaired) electrons. The molecule has 2 N–H and O–H groups in total. The average Bonchev–Trinajstić information content (AvgIpc) is 3.20. The molecule has 2 heterocycles. The lowest BCUT2D eigenvalue weighted by Gasteiger charge is -2.31. The predicted octanol–water partition coefficient (Wildman–Crippen LogP) is 4.29. The minimum Gasteiger partial charge on any atom is -0.359 e. The van der Waals surface area contributed by atoms with E-state index in [-0.39, 0.29) is 0 Å². The molecule has 1 atom stereocenters. The van der Waals surface area contributed by atoms with Gasteiger partial charge in [0.15, 0.2) is 11.7 Å². The standard InChI is InChI=1S/C24H37N5O/c1-5-25-24(27-15-22-13-23(18(2)3)28-30-22)26-14-20-10-6-7-11-21(20)17-29-12-8-9-19(4)16-29/h6-7,10-11,13,18-19H,5,8-9,12,14-17H2,1-4H3,(H2,25,26,27). The van der Waals surface area contributed by atoms with E-state index in [1.54, 1.807) is 0 Å². The van der Waals surface area contributed by atoms with Crippen LogP contribution in [0, 0.1) is 5.92 Å². The molecule has 1 aliphatic heterocycles. The second kappa shape index (κ2) is 11.2. The summed E-state index contributed by atoms with van der Waals surface area (Å²) < 4.78 is 5.43. The van der Waals surface area contributed by atoms with E-state index in [2.05, 4.69) is 72.7 Å². The van der Waals surface area contributed by atoms with Gasteiger partial charge in [0.2, 0.25) is 0 Å². The molecule has 1 aromatic carbocycles. The number of benzene rings is 1. The third-order valence-electron chi connectivity index (χ3n) is 5.60. The molecule has 1 unspecified atom stereocenters. The fourth-order valence-corrected chi connectivity index (χ4v) is 3.90. The molecule has 0 saturated carbocycles. The molecule has 0 amide bonds. The van der Waals surface area contributed by atoms with Gasteiger partial charge < -0.3 is 15.2 Å². The van der Waals surface area contributed by atoms with E-state index in [9.17, 15) is 0 Å². The van der Waals surface area contributed by atoms with Gasteiger partial charge >= 0.3 is 0 Å². The Balaban J connectivity index is 1.62. The van der Waals surface area contributed by atoms with Crippen molar-refractivity contribution in [1.29, 1.82) is 0 Å². The second-order valence-corrected chi connectivity index (χ2v) is 8.67. The highest BCUT2D eigenvalue weighted by atomic mass is 16.5. The first-order valence-electron chi connectivity index (χ1n) is 11.3. The lowest BCUT2D eigenvalue weighted by atomic mass is 9.99. The molecule has 3 rings (SSSR count). The molecule has 1 aromatic heterocycles. The highest BCUT2D eigenvalue weighted by molar-refractivity contribution is 5.79. The van der Waals surface area contributed by atoms with Crippen molar-refractivity contribution in [3.05, 3.63) is 52.9 Å². The van der Waals surface area contributed by atoms with Gasteiger partial charge in [-0.1, -0.05) is 50.2 Å². The maximum Gasteiger partial charge on any atom is 0.191 e. The first-order valence-corrected chi connectivity index (χ1v) is 11.3. The van der Waals surface area contributed by atoms with Crippen LogP contribution in [-0.2, 0) is 19.6 Å². The van der Waals surface area contributed by atoms with Crippen LogP contribution in [0.4, 0.5) is 0 Å². The average molecular weight is 412 g/mol. The van der Waals surface area contributed by atoms with Crippen molar-refractivity contribution in [2.75, 3.05) is 19.6 Å². The summed E-state index contributed by atoms with van der Waals surface area (Å²) in [4.78, 5) is 7.40. The summed E-state index contributed by atoms with van der Waals surface area (Å²) in [6, 6.07) is 10.7. The van der Waals surface area contributed by atoms with Crippen LogP contribution in [0.5, 0.6) is 0 Å². The van der Waals surface area contributed by atoms with Crippen molar-refractivity contribution in [1.82, 2.24) is 20.7 Å². The lowest BCUT2D eigenvalue weighted by molar-refractivity contribution is 0.176. The molecule has 30 heavy (non-hydrogen) atoms. The van der Waals surface area contributed by atoms with Crippen LogP contribution in [0.3, 0.4) is 0 Å². The van der Waals surface area contributed by atoms with E-state index in [1.807, 2.05) is 6.07 Å². The number of hydrogen-bond acceptors (Lipinski definition) is 4. The summed E-state index contributed by atoms with van der Waals surface area (Å²) in [6.45, 7) is 14.1. The summed E-state index contributed by atoms with van der Waals surface area (Å²) >= 11 is 0. The summed E-state index contributed by atoms with van der Waals surface area (Å²) in [5, 5.41) is 10.8. The zero-order valence-corrected chi connectivity index (χ0v) is 18.9. The minimum atomic E-state index is 0.365. The van der Waals surface area contributed by atoms with Crippen molar-refractivity contribution in [2.24, 2.45) is 10.9 Å². The number of rotatable bonds is 8. The number of nitrogens with one attached hydrogen (secondary N) is 2. The van der Waals surface area contributed by atoms with E-state index in [0.717, 1.165) is 36.4 Å². The van der Waals surface area contributed by atoms with Gasteiger partial charge in [-0.15, -0.1) is 0 Å². The van der Waals surface area contributed by atoms with Gasteiger partial charge in [-0.25, -0.2) is 4.99 Å². The van der Waals surface area contributed by atoms with Gasteiger partial charge in [0, 0.05) is 25.7 Å². The Labute approximate surface area is 181 Å². The lowest BCUT2D eigenvalue weighted by Crippen LogP contribution is -2.36. The third-order valence-corrected chi connectivity index (χ3v) is 5.60. The molecule has 0 aliphatic carbocycles. The van der Waals surface area contributed by atoms with E-state index in [0.29, 0.717) is 19.0 Å². The maximum absolute atomic E-state index is 5.43. The van der Waals surface area contributed by atoms with Crippen LogP contribution in [0.2, 0.25) is 0 Å². The number of likely N-dealkylation sites (tertiary alicyclic amines) is 1. The fourth-order valence-electron chi connectivity index (χ4n) is 3.90. The Hall–Kier alpha value is -2.34. The topological polar surface area (TPSA) is 65.7 Å². The molecule has 6 nitrogen and oxygen atoms in total. The molecule has 1 saturated heterocycles. The molecule has 0 bridgehead atoms. The Morgan fingerprint density at radius 2 is 2.07 bits per heavy atom. The molecular formula is C24H37N5O. The van der Waals surface area contributed by atoms with E-state index in [1.165, 1.54) is 37.1 Å². The summed E-state index contributed by atoms with van der Waals surface area (Å²) in [6.07, 6.45) is 2.65. The maximum atomic E-state index is 5.43. The number of nitrogens with zero attached hydrogens (tertiary/aromatic N) is 3. The van der Waals surface area contributed by atoms with Gasteiger partial charge in [-0.05, 0) is 49.3 Å². The van der Waals surface area contributed by atoms with Gasteiger partial charge in [0.05, 0.1) is 18.8 Å². The molecule has 6 heteroatoms. The normalized spacial score (nSPS) is 18.0. The summed E-state index contributed by atoms with van der Waals surface area (Å²) in [5.41, 5.74) is 3.65. The second-order valence-electron chi connectivity index (χ2n) is 8.67. The highest BCUT2D eigenvalue weighted by Crippen LogP contribution is 2.20. The quantitative estimate of drug-likeness (QED) is 0.501. The van der Waals surface area contributed by atoms with Crippen molar-refractivity contribution >= 4 is 5.96 Å². The van der Waals surface area contributed by atoms with Crippen LogP contribution in [0.25, 0.3) is 0 Å². The van der Waals surface area contributed by atoms with Gasteiger partial charge in [0.1, 0.15) is 0 Å². The van der Waals surface area contributed by atoms with Crippen LogP contribution in [0.1, 0.15) is 69.0 Å². The van der Waals surface area contributed by atoms with Crippen LogP contribution < -0.4 is 10.6 Å². The van der Waals surface area contributed by atoms with Crippen LogP contribution in [0.15, 0.2) is 39.8 Å². The van der Waals surface area contributed by atoms with Gasteiger partial charge in [0.25, 0.3) is 0 Å². The molecule has 0 spiro atoms. The molecule has 2 aromatic rings. The molecule has 1 fully saturated rings. The Morgan fingerprint density at radius 3 is 2.77 bits per heavy atom. The van der Waals surface area contributed by atoms with Crippen molar-refractivity contribution in [2.45, 2.75) is 66.1 Å². The zero-order valence-electron chi connectivity index (χ0n) is 18.9. The number of aliphatic imine (C=N–C) groups is 1. The molecule has 164 valence electrons. The Morgan fingerprint density at radius 1 is 1.27 bits per heavy atom. The predicted molar refractivity (Wildman–Crippen MR) is 122 cm³/mol. The Bertz CT molecular complexity index is 813. The highest BCUT2D eigenvalue weighted by Gasteiger charge is 2.17. The summed E-state index contributed by atoms with van der Waals surface area (Å²) in [7, 11) is 0. The summed E-state index contributed by atoms with van der Waals surface area (Å²) in [5.74, 6) is 2.77.